The summed E-state index contributed by atoms with van der Waals surface area (Å²) in [5, 5.41) is 10.3. The molecule has 0 fully saturated rings. The van der Waals surface area contributed by atoms with Crippen molar-refractivity contribution in [1.29, 1.82) is 0 Å². The smallest absolute Gasteiger partial charge is 0.406 e. The highest BCUT2D eigenvalue weighted by molar-refractivity contribution is 5.76. The Morgan fingerprint density at radius 2 is 1.62 bits per heavy atom. The number of hydrogen-bond acceptors (Lipinski definition) is 3. The molecule has 0 aliphatic heterocycles. The molecular weight excluding hydrogens is 366 g/mol. The van der Waals surface area contributed by atoms with Crippen molar-refractivity contribution in [1.82, 2.24) is 9.97 Å². The van der Waals surface area contributed by atoms with E-state index in [2.05, 4.69) is 14.7 Å². The zero-order valence-electron chi connectivity index (χ0n) is 12.7. The summed E-state index contributed by atoms with van der Waals surface area (Å²) in [7, 11) is 0. The number of hydrogen-bond donors (Lipinski definition) is 2. The fourth-order valence-corrected chi connectivity index (χ4v) is 2.34. The SMILES string of the molecule is OC(c1ccc(OC(F)(F)F)cc1)c1nc2cc(C(F)(F)F)ccc2[nH]1. The molecule has 3 rings (SSSR count). The Kier molecular flexibility index (Phi) is 4.31. The maximum Gasteiger partial charge on any atom is 0.573 e. The van der Waals surface area contributed by atoms with Crippen LogP contribution in [0.25, 0.3) is 11.0 Å². The van der Waals surface area contributed by atoms with Crippen LogP contribution in [0.15, 0.2) is 42.5 Å². The number of ether oxygens (including phenoxy) is 1. The van der Waals surface area contributed by atoms with Gasteiger partial charge in [-0.15, -0.1) is 13.2 Å². The first-order chi connectivity index (χ1) is 12.0. The molecule has 10 heteroatoms. The lowest BCUT2D eigenvalue weighted by Gasteiger charge is -2.11. The third kappa shape index (κ3) is 3.90. The van der Waals surface area contributed by atoms with E-state index in [-0.39, 0.29) is 22.4 Å². The summed E-state index contributed by atoms with van der Waals surface area (Å²) >= 11 is 0. The van der Waals surface area contributed by atoms with Gasteiger partial charge in [-0.2, -0.15) is 13.2 Å². The first kappa shape index (κ1) is 18.1. The number of aliphatic hydroxyl groups is 1. The minimum Gasteiger partial charge on any atom is -0.406 e. The third-order valence-corrected chi connectivity index (χ3v) is 3.52. The molecule has 3 aromatic rings. The van der Waals surface area contributed by atoms with Gasteiger partial charge in [-0.3, -0.25) is 0 Å². The number of aliphatic hydroxyl groups excluding tert-OH is 1. The second kappa shape index (κ2) is 6.20. The van der Waals surface area contributed by atoms with Crippen LogP contribution in [-0.4, -0.2) is 21.4 Å². The number of nitrogens with one attached hydrogen (secondary N) is 1. The molecule has 138 valence electrons. The number of imidazole rings is 1. The molecule has 26 heavy (non-hydrogen) atoms. The number of rotatable bonds is 3. The van der Waals surface area contributed by atoms with E-state index in [1.165, 1.54) is 18.2 Å². The lowest BCUT2D eigenvalue weighted by Crippen LogP contribution is -2.17. The van der Waals surface area contributed by atoms with Gasteiger partial charge in [0, 0.05) is 0 Å². The van der Waals surface area contributed by atoms with Gasteiger partial charge in [-0.25, -0.2) is 4.98 Å². The minimum absolute atomic E-state index is 0.00546. The molecule has 1 atom stereocenters. The number of H-pyrrole nitrogens is 1. The maximum atomic E-state index is 12.7. The summed E-state index contributed by atoms with van der Waals surface area (Å²) in [6.07, 6.45) is -10.7. The van der Waals surface area contributed by atoms with Crippen molar-refractivity contribution in [3.8, 4) is 5.75 Å². The predicted molar refractivity (Wildman–Crippen MR) is 78.3 cm³/mol. The average molecular weight is 376 g/mol. The second-order valence-corrected chi connectivity index (χ2v) is 5.37. The number of halogens is 6. The van der Waals surface area contributed by atoms with Crippen LogP contribution in [0.1, 0.15) is 23.1 Å². The van der Waals surface area contributed by atoms with Gasteiger partial charge in [0.15, 0.2) is 0 Å². The summed E-state index contributed by atoms with van der Waals surface area (Å²) in [5.74, 6) is -0.503. The van der Waals surface area contributed by atoms with Crippen LogP contribution in [0.2, 0.25) is 0 Å². The van der Waals surface area contributed by atoms with Gasteiger partial charge < -0.3 is 14.8 Å². The van der Waals surface area contributed by atoms with Crippen molar-refractivity contribution in [3.63, 3.8) is 0 Å². The fourth-order valence-electron chi connectivity index (χ4n) is 2.34. The Bertz CT molecular complexity index is 915. The maximum absolute atomic E-state index is 12.7. The van der Waals surface area contributed by atoms with Crippen LogP contribution in [0.3, 0.4) is 0 Å². The molecule has 0 saturated carbocycles. The Hall–Kier alpha value is -2.75. The van der Waals surface area contributed by atoms with E-state index in [1.807, 2.05) is 0 Å². The molecule has 1 heterocycles. The topological polar surface area (TPSA) is 58.1 Å². The third-order valence-electron chi connectivity index (χ3n) is 3.52. The molecule has 4 nitrogen and oxygen atoms in total. The zero-order chi connectivity index (χ0) is 19.1. The summed E-state index contributed by atoms with van der Waals surface area (Å²) < 4.78 is 78.3. The molecule has 0 aliphatic rings. The van der Waals surface area contributed by atoms with E-state index in [0.717, 1.165) is 24.3 Å². The lowest BCUT2D eigenvalue weighted by molar-refractivity contribution is -0.274. The van der Waals surface area contributed by atoms with Crippen molar-refractivity contribution in [2.75, 3.05) is 0 Å². The molecular formula is C16H10F6N2O2. The molecule has 2 N–H and O–H groups in total. The Balaban J connectivity index is 1.86. The van der Waals surface area contributed by atoms with Crippen molar-refractivity contribution >= 4 is 11.0 Å². The Morgan fingerprint density at radius 1 is 0.962 bits per heavy atom. The van der Waals surface area contributed by atoms with Crippen molar-refractivity contribution in [2.24, 2.45) is 0 Å². The van der Waals surface area contributed by atoms with Crippen LogP contribution in [0.5, 0.6) is 5.75 Å². The van der Waals surface area contributed by atoms with E-state index < -0.39 is 30.0 Å². The van der Waals surface area contributed by atoms with Crippen LogP contribution < -0.4 is 4.74 Å². The van der Waals surface area contributed by atoms with Gasteiger partial charge in [0.05, 0.1) is 16.6 Å². The Labute approximate surface area is 142 Å². The van der Waals surface area contributed by atoms with Gasteiger partial charge in [0.2, 0.25) is 0 Å². The van der Waals surface area contributed by atoms with Crippen molar-refractivity contribution in [2.45, 2.75) is 18.6 Å². The van der Waals surface area contributed by atoms with Crippen LogP contribution in [-0.2, 0) is 6.18 Å². The summed E-state index contributed by atoms with van der Waals surface area (Å²) in [6.45, 7) is 0. The molecule has 0 saturated heterocycles. The van der Waals surface area contributed by atoms with E-state index in [4.69, 9.17) is 0 Å². The number of alkyl halides is 6. The summed E-state index contributed by atoms with van der Waals surface area (Å²) in [4.78, 5) is 6.61. The van der Waals surface area contributed by atoms with Gasteiger partial charge in [-0.05, 0) is 35.9 Å². The zero-order valence-corrected chi connectivity index (χ0v) is 12.7. The molecule has 0 spiro atoms. The van der Waals surface area contributed by atoms with E-state index >= 15 is 0 Å². The number of fused-ring (bicyclic) bond motifs is 1. The van der Waals surface area contributed by atoms with Gasteiger partial charge in [0.1, 0.15) is 17.7 Å². The average Bonchev–Trinajstić information content (AvgIpc) is 2.95. The number of nitrogens with zero attached hydrogens (tertiary/aromatic N) is 1. The Morgan fingerprint density at radius 3 is 2.19 bits per heavy atom. The highest BCUT2D eigenvalue weighted by atomic mass is 19.4. The normalized spacial score (nSPS) is 13.8. The van der Waals surface area contributed by atoms with Crippen LogP contribution in [0.4, 0.5) is 26.3 Å². The molecule has 1 aromatic heterocycles. The van der Waals surface area contributed by atoms with Crippen molar-refractivity contribution in [3.05, 3.63) is 59.4 Å². The van der Waals surface area contributed by atoms with Gasteiger partial charge >= 0.3 is 12.5 Å². The first-order valence-electron chi connectivity index (χ1n) is 7.13. The molecule has 0 bridgehead atoms. The van der Waals surface area contributed by atoms with Gasteiger partial charge in [-0.1, -0.05) is 12.1 Å². The van der Waals surface area contributed by atoms with Crippen LogP contribution in [0, 0.1) is 0 Å². The molecule has 2 aromatic carbocycles. The monoisotopic (exact) mass is 376 g/mol. The van der Waals surface area contributed by atoms with E-state index in [1.54, 1.807) is 0 Å². The highest BCUT2D eigenvalue weighted by Gasteiger charge is 2.32. The van der Waals surface area contributed by atoms with E-state index in [0.29, 0.717) is 0 Å². The standard InChI is InChI=1S/C16H10F6N2O2/c17-15(18,19)9-3-6-11-12(7-9)24-14(23-11)13(25)8-1-4-10(5-2-8)26-16(20,21)22/h1-7,13,25H,(H,23,24). The van der Waals surface area contributed by atoms with E-state index in [9.17, 15) is 31.4 Å². The second-order valence-electron chi connectivity index (χ2n) is 5.37. The summed E-state index contributed by atoms with van der Waals surface area (Å²) in [6, 6.07) is 7.30. The molecule has 0 radical (unpaired) electrons. The van der Waals surface area contributed by atoms with Crippen molar-refractivity contribution < 1.29 is 36.2 Å². The fraction of sp³-hybridized carbons (Fsp3) is 0.188. The first-order valence-corrected chi connectivity index (χ1v) is 7.13. The molecule has 1 unspecified atom stereocenters. The summed E-state index contributed by atoms with van der Waals surface area (Å²) in [5.41, 5.74) is -0.407. The largest absolute Gasteiger partial charge is 0.573 e. The quantitative estimate of drug-likeness (QED) is 0.659. The minimum atomic E-state index is -4.84. The molecule has 0 aliphatic carbocycles. The number of aromatic amines is 1. The van der Waals surface area contributed by atoms with Crippen LogP contribution >= 0.6 is 0 Å². The number of aromatic nitrogens is 2. The lowest BCUT2D eigenvalue weighted by atomic mass is 10.1. The van der Waals surface area contributed by atoms with Gasteiger partial charge in [0.25, 0.3) is 0 Å². The number of benzene rings is 2. The highest BCUT2D eigenvalue weighted by Crippen LogP contribution is 2.32. The molecule has 0 amide bonds. The predicted octanol–water partition coefficient (Wildman–Crippen LogP) is 4.56.